The first-order valence-electron chi connectivity index (χ1n) is 10.8. The van der Waals surface area contributed by atoms with E-state index in [1.807, 2.05) is 12.4 Å². The van der Waals surface area contributed by atoms with Crippen molar-refractivity contribution in [1.29, 1.82) is 0 Å². The van der Waals surface area contributed by atoms with E-state index in [9.17, 15) is 13.2 Å². The van der Waals surface area contributed by atoms with Crippen molar-refractivity contribution in [2.24, 2.45) is 12.5 Å². The van der Waals surface area contributed by atoms with Crippen molar-refractivity contribution in [3.63, 3.8) is 0 Å². The Labute approximate surface area is 193 Å². The van der Waals surface area contributed by atoms with Gasteiger partial charge in [-0.2, -0.15) is 24.5 Å². The molecule has 3 heterocycles. The van der Waals surface area contributed by atoms with E-state index in [1.54, 1.807) is 35.2 Å². The molecule has 2 fully saturated rings. The first-order valence-corrected chi connectivity index (χ1v) is 12.7. The highest BCUT2D eigenvalue weighted by atomic mass is 32.2. The first kappa shape index (κ1) is 22.0. The van der Waals surface area contributed by atoms with Gasteiger partial charge < -0.3 is 9.47 Å². The number of hydrogen-bond acceptors (Lipinski definition) is 5. The Bertz CT molecular complexity index is 1060. The smallest absolute Gasteiger partial charge is 0.305 e. The summed E-state index contributed by atoms with van der Waals surface area (Å²) in [5.74, 6) is 2.29. The Morgan fingerprint density at radius 2 is 2.00 bits per heavy atom. The van der Waals surface area contributed by atoms with Crippen molar-refractivity contribution in [1.82, 2.24) is 19.7 Å². The third kappa shape index (κ3) is 4.34. The van der Waals surface area contributed by atoms with E-state index in [2.05, 4.69) is 31.1 Å². The summed E-state index contributed by atoms with van der Waals surface area (Å²) < 4.78 is 40.5. The summed E-state index contributed by atoms with van der Waals surface area (Å²) in [4.78, 5) is 2.51. The summed E-state index contributed by atoms with van der Waals surface area (Å²) in [6.07, 6.45) is -0.961. The molecule has 9 heteroatoms. The molecule has 1 saturated heterocycles. The molecule has 3 aromatic rings. The number of thiophene rings is 1. The van der Waals surface area contributed by atoms with Crippen molar-refractivity contribution in [3.05, 3.63) is 52.2 Å². The maximum absolute atomic E-state index is 12.8. The Morgan fingerprint density at radius 1 is 1.19 bits per heavy atom. The lowest BCUT2D eigenvalue weighted by Gasteiger charge is -2.16. The standard InChI is InChI=1S/C23H25F3N4S2/c1-29-20(17-7-12-31-14-17)27-28-21(29)32-11-2-9-30-10-8-22(15-30)13-19(22)16-3-5-18(6-4-16)23(24,25)26/h3-7,12,14,19H,2,8-11,13,15H2,1H3/t19?,22-/m1/s1. The molecule has 32 heavy (non-hydrogen) atoms. The van der Waals surface area contributed by atoms with Crippen molar-refractivity contribution in [3.8, 4) is 11.4 Å². The van der Waals surface area contributed by atoms with Crippen LogP contribution in [-0.4, -0.2) is 45.1 Å². The van der Waals surface area contributed by atoms with Gasteiger partial charge in [0, 0.05) is 30.3 Å². The SMILES string of the molecule is Cn1c(SCCCN2CC[C@@]3(CC3c3ccc(C(F)(F)F)cc3)C2)nnc1-c1ccsc1. The van der Waals surface area contributed by atoms with E-state index in [0.717, 1.165) is 66.8 Å². The van der Waals surface area contributed by atoms with Crippen LogP contribution in [0.25, 0.3) is 11.4 Å². The average Bonchev–Trinajstić information content (AvgIpc) is 3.16. The van der Waals surface area contributed by atoms with Gasteiger partial charge in [0.25, 0.3) is 0 Å². The molecule has 0 N–H and O–H groups in total. The number of benzene rings is 1. The molecule has 1 aliphatic carbocycles. The van der Waals surface area contributed by atoms with Gasteiger partial charge in [0.2, 0.25) is 0 Å². The normalized spacial score (nSPS) is 23.3. The second-order valence-electron chi connectivity index (χ2n) is 8.84. The van der Waals surface area contributed by atoms with E-state index in [4.69, 9.17) is 0 Å². The molecular weight excluding hydrogens is 453 g/mol. The van der Waals surface area contributed by atoms with Crippen molar-refractivity contribution in [2.45, 2.75) is 36.5 Å². The van der Waals surface area contributed by atoms with Crippen LogP contribution < -0.4 is 0 Å². The lowest BCUT2D eigenvalue weighted by molar-refractivity contribution is -0.137. The quantitative estimate of drug-likeness (QED) is 0.312. The molecule has 2 aliphatic rings. The number of nitrogens with zero attached hydrogens (tertiary/aromatic N) is 4. The second kappa shape index (κ2) is 8.50. The fourth-order valence-electron chi connectivity index (χ4n) is 4.88. The molecule has 5 rings (SSSR count). The summed E-state index contributed by atoms with van der Waals surface area (Å²) in [6.45, 7) is 3.17. The molecule has 2 atom stereocenters. The molecule has 1 aliphatic heterocycles. The number of halogens is 3. The van der Waals surface area contributed by atoms with E-state index >= 15 is 0 Å². The van der Waals surface area contributed by atoms with Crippen LogP contribution in [0.2, 0.25) is 0 Å². The third-order valence-corrected chi connectivity index (χ3v) is 8.55. The van der Waals surface area contributed by atoms with Crippen LogP contribution in [-0.2, 0) is 13.2 Å². The molecule has 1 aromatic carbocycles. The number of likely N-dealkylation sites (tertiary alicyclic amines) is 1. The number of alkyl halides is 3. The Kier molecular flexibility index (Phi) is 5.84. The molecule has 0 bridgehead atoms. The summed E-state index contributed by atoms with van der Waals surface area (Å²) in [7, 11) is 2.01. The minimum atomic E-state index is -4.27. The van der Waals surface area contributed by atoms with Gasteiger partial charge >= 0.3 is 6.18 Å². The van der Waals surface area contributed by atoms with Crippen molar-refractivity contribution in [2.75, 3.05) is 25.4 Å². The van der Waals surface area contributed by atoms with Gasteiger partial charge in [0.15, 0.2) is 11.0 Å². The average molecular weight is 479 g/mol. The zero-order valence-corrected chi connectivity index (χ0v) is 19.4. The van der Waals surface area contributed by atoms with Crippen LogP contribution in [0, 0.1) is 5.41 Å². The number of rotatable bonds is 7. The summed E-state index contributed by atoms with van der Waals surface area (Å²) in [5, 5.41) is 13.7. The second-order valence-corrected chi connectivity index (χ2v) is 10.7. The minimum Gasteiger partial charge on any atom is -0.305 e. The van der Waals surface area contributed by atoms with Crippen LogP contribution in [0.1, 0.15) is 36.3 Å². The predicted molar refractivity (Wildman–Crippen MR) is 122 cm³/mol. The molecule has 4 nitrogen and oxygen atoms in total. The molecular formula is C23H25F3N4S2. The monoisotopic (exact) mass is 478 g/mol. The zero-order chi connectivity index (χ0) is 22.3. The van der Waals surface area contributed by atoms with E-state index < -0.39 is 11.7 Å². The van der Waals surface area contributed by atoms with Gasteiger partial charge in [0.05, 0.1) is 5.56 Å². The van der Waals surface area contributed by atoms with Crippen molar-refractivity contribution >= 4 is 23.1 Å². The minimum absolute atomic E-state index is 0.270. The van der Waals surface area contributed by atoms with Gasteiger partial charge in [-0.05, 0) is 72.8 Å². The summed E-state index contributed by atoms with van der Waals surface area (Å²) in [6, 6.07) is 7.85. The molecule has 2 aromatic heterocycles. The van der Waals surface area contributed by atoms with Crippen molar-refractivity contribution < 1.29 is 13.2 Å². The molecule has 1 unspecified atom stereocenters. The highest BCUT2D eigenvalue weighted by Gasteiger charge is 2.57. The van der Waals surface area contributed by atoms with Crippen LogP contribution in [0.3, 0.4) is 0 Å². The van der Waals surface area contributed by atoms with Crippen LogP contribution in [0.5, 0.6) is 0 Å². The fraction of sp³-hybridized carbons (Fsp3) is 0.478. The van der Waals surface area contributed by atoms with E-state index in [1.165, 1.54) is 12.1 Å². The van der Waals surface area contributed by atoms with Crippen LogP contribution in [0.4, 0.5) is 13.2 Å². The van der Waals surface area contributed by atoms with Crippen LogP contribution in [0.15, 0.2) is 46.2 Å². The number of thioether (sulfide) groups is 1. The molecule has 1 saturated carbocycles. The third-order valence-electron chi connectivity index (χ3n) is 6.76. The Balaban J connectivity index is 1.08. The zero-order valence-electron chi connectivity index (χ0n) is 17.8. The maximum Gasteiger partial charge on any atom is 0.416 e. The highest BCUT2D eigenvalue weighted by Crippen LogP contribution is 2.64. The van der Waals surface area contributed by atoms with E-state index in [0.29, 0.717) is 5.92 Å². The fourth-order valence-corrected chi connectivity index (χ4v) is 6.35. The summed E-state index contributed by atoms with van der Waals surface area (Å²) >= 11 is 3.39. The molecule has 0 amide bonds. The van der Waals surface area contributed by atoms with Gasteiger partial charge in [-0.3, -0.25) is 0 Å². The van der Waals surface area contributed by atoms with Gasteiger partial charge in [-0.25, -0.2) is 0 Å². The number of hydrogen-bond donors (Lipinski definition) is 0. The molecule has 170 valence electrons. The van der Waals surface area contributed by atoms with Gasteiger partial charge in [-0.1, -0.05) is 23.9 Å². The Morgan fingerprint density at radius 3 is 2.72 bits per heavy atom. The van der Waals surface area contributed by atoms with Gasteiger partial charge in [0.1, 0.15) is 0 Å². The molecule has 0 radical (unpaired) electrons. The lowest BCUT2D eigenvalue weighted by Crippen LogP contribution is -2.23. The van der Waals surface area contributed by atoms with Crippen LogP contribution >= 0.6 is 23.1 Å². The predicted octanol–water partition coefficient (Wildman–Crippen LogP) is 5.92. The summed E-state index contributed by atoms with van der Waals surface area (Å²) in [5.41, 5.74) is 1.86. The first-order chi connectivity index (χ1) is 15.4. The largest absolute Gasteiger partial charge is 0.416 e. The lowest BCUT2D eigenvalue weighted by atomic mass is 9.97. The Hall–Kier alpha value is -1.84. The van der Waals surface area contributed by atoms with E-state index in [-0.39, 0.29) is 5.41 Å². The maximum atomic E-state index is 12.8. The highest BCUT2D eigenvalue weighted by molar-refractivity contribution is 7.99. The van der Waals surface area contributed by atoms with Gasteiger partial charge in [-0.15, -0.1) is 10.2 Å². The topological polar surface area (TPSA) is 34.0 Å². The molecule has 1 spiro atoms. The number of aromatic nitrogens is 3.